The van der Waals surface area contributed by atoms with E-state index < -0.39 is 17.3 Å². The molecular formula is C13H17FN2O2. The van der Waals surface area contributed by atoms with Gasteiger partial charge in [-0.1, -0.05) is 13.8 Å². The molecule has 0 saturated heterocycles. The zero-order valence-corrected chi connectivity index (χ0v) is 10.5. The molecule has 0 radical (unpaired) electrons. The third kappa shape index (κ3) is 2.39. The number of nitrogens with two attached hydrogens (primary N) is 1. The number of rotatable bonds is 4. The maximum Gasteiger partial charge on any atom is 0.338 e. The van der Waals surface area contributed by atoms with Crippen LogP contribution in [0, 0.1) is 17.2 Å². The highest BCUT2D eigenvalue weighted by Crippen LogP contribution is 2.51. The van der Waals surface area contributed by atoms with Gasteiger partial charge < -0.3 is 16.2 Å². The van der Waals surface area contributed by atoms with Crippen LogP contribution < -0.4 is 11.1 Å². The number of anilines is 2. The highest BCUT2D eigenvalue weighted by molar-refractivity contribution is 5.90. The van der Waals surface area contributed by atoms with E-state index in [1.54, 1.807) is 0 Å². The van der Waals surface area contributed by atoms with E-state index in [-0.39, 0.29) is 5.69 Å². The summed E-state index contributed by atoms with van der Waals surface area (Å²) in [6.45, 7) is 5.08. The second kappa shape index (κ2) is 4.15. The van der Waals surface area contributed by atoms with E-state index >= 15 is 0 Å². The van der Waals surface area contributed by atoms with Crippen molar-refractivity contribution in [3.8, 4) is 0 Å². The Morgan fingerprint density at radius 2 is 2.22 bits per heavy atom. The molecule has 98 valence electrons. The molecule has 1 aliphatic rings. The lowest BCUT2D eigenvalue weighted by atomic mass is 10.1. The fourth-order valence-corrected chi connectivity index (χ4v) is 2.06. The highest BCUT2D eigenvalue weighted by atomic mass is 19.1. The fourth-order valence-electron chi connectivity index (χ4n) is 2.06. The standard InChI is InChI=1S/C13H17FN2O2/c1-13(2)5-7(13)6-16-11-4-9(14)8(12(17)18)3-10(11)15/h3-4,7,16H,5-6,15H2,1-2H3,(H,17,18). The molecule has 1 aliphatic carbocycles. The Bertz CT molecular complexity index is 500. The number of carbonyl (C=O) groups is 1. The second-order valence-corrected chi connectivity index (χ2v) is 5.49. The predicted molar refractivity (Wildman–Crippen MR) is 68.1 cm³/mol. The van der Waals surface area contributed by atoms with Crippen LogP contribution in [0.3, 0.4) is 0 Å². The molecule has 1 saturated carbocycles. The Morgan fingerprint density at radius 3 is 2.72 bits per heavy atom. The largest absolute Gasteiger partial charge is 0.478 e. The maximum atomic E-state index is 13.5. The summed E-state index contributed by atoms with van der Waals surface area (Å²) in [7, 11) is 0. The van der Waals surface area contributed by atoms with Gasteiger partial charge in [0.05, 0.1) is 16.9 Å². The van der Waals surface area contributed by atoms with E-state index in [0.29, 0.717) is 17.0 Å². The van der Waals surface area contributed by atoms with Gasteiger partial charge >= 0.3 is 5.97 Å². The first kappa shape index (κ1) is 12.7. The van der Waals surface area contributed by atoms with Crippen LogP contribution in [0.25, 0.3) is 0 Å². The average Bonchev–Trinajstić information content (AvgIpc) is 2.87. The smallest absolute Gasteiger partial charge is 0.338 e. The number of benzene rings is 1. The molecule has 2 rings (SSSR count). The third-order valence-electron chi connectivity index (χ3n) is 3.63. The van der Waals surface area contributed by atoms with Gasteiger partial charge in [-0.3, -0.25) is 0 Å². The summed E-state index contributed by atoms with van der Waals surface area (Å²) < 4.78 is 13.5. The second-order valence-electron chi connectivity index (χ2n) is 5.49. The number of halogens is 1. The quantitative estimate of drug-likeness (QED) is 0.720. The van der Waals surface area contributed by atoms with Gasteiger partial charge in [-0.05, 0) is 29.9 Å². The lowest BCUT2D eigenvalue weighted by molar-refractivity contribution is 0.0692. The van der Waals surface area contributed by atoms with Crippen molar-refractivity contribution in [2.24, 2.45) is 11.3 Å². The van der Waals surface area contributed by atoms with Crippen LogP contribution in [-0.2, 0) is 0 Å². The van der Waals surface area contributed by atoms with Crippen molar-refractivity contribution in [1.29, 1.82) is 0 Å². The molecule has 0 amide bonds. The van der Waals surface area contributed by atoms with Gasteiger partial charge in [-0.2, -0.15) is 0 Å². The molecule has 4 N–H and O–H groups in total. The summed E-state index contributed by atoms with van der Waals surface area (Å²) in [5, 5.41) is 11.8. The van der Waals surface area contributed by atoms with E-state index in [1.807, 2.05) is 0 Å². The number of carboxylic acid groups (broad SMARTS) is 1. The molecule has 0 bridgehead atoms. The van der Waals surface area contributed by atoms with Crippen LogP contribution in [0.5, 0.6) is 0 Å². The number of hydrogen-bond acceptors (Lipinski definition) is 3. The van der Waals surface area contributed by atoms with E-state index in [1.165, 1.54) is 0 Å². The Hall–Kier alpha value is -1.78. The van der Waals surface area contributed by atoms with Gasteiger partial charge in [0.2, 0.25) is 0 Å². The third-order valence-corrected chi connectivity index (χ3v) is 3.63. The summed E-state index contributed by atoms with van der Waals surface area (Å²) in [5.74, 6) is -1.53. The minimum Gasteiger partial charge on any atom is -0.478 e. The molecule has 0 aromatic heterocycles. The molecule has 1 fully saturated rings. The molecular weight excluding hydrogens is 235 g/mol. The Morgan fingerprint density at radius 1 is 1.61 bits per heavy atom. The molecule has 4 nitrogen and oxygen atoms in total. The van der Waals surface area contributed by atoms with Crippen molar-refractivity contribution in [2.45, 2.75) is 20.3 Å². The van der Waals surface area contributed by atoms with Gasteiger partial charge in [0.25, 0.3) is 0 Å². The van der Waals surface area contributed by atoms with Gasteiger partial charge in [0, 0.05) is 6.54 Å². The van der Waals surface area contributed by atoms with Crippen LogP contribution in [0.1, 0.15) is 30.6 Å². The summed E-state index contributed by atoms with van der Waals surface area (Å²) in [5.41, 5.74) is 6.36. The van der Waals surface area contributed by atoms with Crippen LogP contribution in [0.2, 0.25) is 0 Å². The lowest BCUT2D eigenvalue weighted by Crippen LogP contribution is -2.11. The van der Waals surface area contributed by atoms with Gasteiger partial charge in [0.1, 0.15) is 5.82 Å². The summed E-state index contributed by atoms with van der Waals surface area (Å²) in [4.78, 5) is 10.7. The number of aromatic carboxylic acids is 1. The molecule has 5 heteroatoms. The number of carboxylic acids is 1. The van der Waals surface area contributed by atoms with Gasteiger partial charge in [-0.25, -0.2) is 9.18 Å². The summed E-state index contributed by atoms with van der Waals surface area (Å²) >= 11 is 0. The molecule has 18 heavy (non-hydrogen) atoms. The molecule has 1 aromatic carbocycles. The monoisotopic (exact) mass is 252 g/mol. The first-order chi connectivity index (χ1) is 8.31. The van der Waals surface area contributed by atoms with Crippen LogP contribution >= 0.6 is 0 Å². The molecule has 1 aromatic rings. The van der Waals surface area contributed by atoms with E-state index in [2.05, 4.69) is 19.2 Å². The van der Waals surface area contributed by atoms with Crippen molar-refractivity contribution in [3.05, 3.63) is 23.5 Å². The topological polar surface area (TPSA) is 75.3 Å². The zero-order chi connectivity index (χ0) is 13.5. The number of hydrogen-bond donors (Lipinski definition) is 3. The van der Waals surface area contributed by atoms with E-state index in [9.17, 15) is 9.18 Å². The van der Waals surface area contributed by atoms with Crippen molar-refractivity contribution in [2.75, 3.05) is 17.6 Å². The minimum atomic E-state index is -1.31. The molecule has 0 heterocycles. The summed E-state index contributed by atoms with van der Waals surface area (Å²) in [6, 6.07) is 2.30. The Kier molecular flexibility index (Phi) is 2.92. The Balaban J connectivity index is 2.10. The first-order valence-electron chi connectivity index (χ1n) is 5.87. The van der Waals surface area contributed by atoms with E-state index in [0.717, 1.165) is 25.1 Å². The van der Waals surface area contributed by atoms with Crippen LogP contribution in [0.4, 0.5) is 15.8 Å². The average molecular weight is 252 g/mol. The first-order valence-corrected chi connectivity index (χ1v) is 5.87. The van der Waals surface area contributed by atoms with Crippen molar-refractivity contribution in [1.82, 2.24) is 0 Å². The zero-order valence-electron chi connectivity index (χ0n) is 10.5. The highest BCUT2D eigenvalue weighted by Gasteiger charge is 2.44. The minimum absolute atomic E-state index is 0.257. The molecule has 1 unspecified atom stereocenters. The van der Waals surface area contributed by atoms with Crippen molar-refractivity contribution < 1.29 is 14.3 Å². The molecule has 0 spiro atoms. The SMILES string of the molecule is CC1(C)CC1CNc1cc(F)c(C(=O)O)cc1N. The number of nitrogens with one attached hydrogen (secondary N) is 1. The number of nitrogen functional groups attached to an aromatic ring is 1. The normalized spacial score (nSPS) is 20.5. The van der Waals surface area contributed by atoms with E-state index in [4.69, 9.17) is 10.8 Å². The van der Waals surface area contributed by atoms with Crippen LogP contribution in [-0.4, -0.2) is 17.6 Å². The summed E-state index contributed by atoms with van der Waals surface area (Å²) in [6.07, 6.45) is 1.13. The van der Waals surface area contributed by atoms with Crippen molar-refractivity contribution in [3.63, 3.8) is 0 Å². The molecule has 0 aliphatic heterocycles. The van der Waals surface area contributed by atoms with Crippen LogP contribution in [0.15, 0.2) is 12.1 Å². The maximum absolute atomic E-state index is 13.5. The fraction of sp³-hybridized carbons (Fsp3) is 0.462. The van der Waals surface area contributed by atoms with Crippen molar-refractivity contribution >= 4 is 17.3 Å². The lowest BCUT2D eigenvalue weighted by Gasteiger charge is -2.11. The Labute approximate surface area is 105 Å². The molecule has 1 atom stereocenters. The predicted octanol–water partition coefficient (Wildman–Crippen LogP) is 2.56. The van der Waals surface area contributed by atoms with Gasteiger partial charge in [-0.15, -0.1) is 0 Å². The van der Waals surface area contributed by atoms with Gasteiger partial charge in [0.15, 0.2) is 0 Å².